The molecular formula is C25H24N6O2. The highest BCUT2D eigenvalue weighted by Gasteiger charge is 2.33. The highest BCUT2D eigenvalue weighted by atomic mass is 16.2. The fourth-order valence-corrected chi connectivity index (χ4v) is 4.07. The molecule has 2 aliphatic rings. The number of amides is 3. The molecule has 5 rings (SSSR count). The Balaban J connectivity index is 1.32. The molecule has 0 aliphatic carbocycles. The van der Waals surface area contributed by atoms with Crippen LogP contribution in [-0.4, -0.2) is 53.0 Å². The third-order valence-corrected chi connectivity index (χ3v) is 5.81. The molecule has 3 amide bonds. The summed E-state index contributed by atoms with van der Waals surface area (Å²) in [5.74, 6) is 0.198. The average Bonchev–Trinajstić information content (AvgIpc) is 3.12. The summed E-state index contributed by atoms with van der Waals surface area (Å²) in [5, 5.41) is 2.38. The molecule has 8 heteroatoms. The minimum Gasteiger partial charge on any atom is -0.368 e. The topological polar surface area (TPSA) is 81.7 Å². The number of hydrogen-bond donors (Lipinski definition) is 1. The number of anilines is 2. The molecule has 0 spiro atoms. The van der Waals surface area contributed by atoms with Crippen LogP contribution in [0.1, 0.15) is 11.3 Å². The molecule has 8 nitrogen and oxygen atoms in total. The minimum atomic E-state index is -0.429. The zero-order valence-electron chi connectivity index (χ0n) is 18.1. The van der Waals surface area contributed by atoms with E-state index in [1.54, 1.807) is 18.3 Å². The molecule has 0 bridgehead atoms. The highest BCUT2D eigenvalue weighted by Crippen LogP contribution is 2.21. The number of carbonyl (C=O) groups is 2. The number of nitrogens with one attached hydrogen (secondary N) is 1. The molecule has 1 aromatic heterocycles. The van der Waals surface area contributed by atoms with Crippen LogP contribution in [0.25, 0.3) is 6.08 Å². The normalized spacial score (nSPS) is 17.6. The minimum absolute atomic E-state index is 0.280. The van der Waals surface area contributed by atoms with Crippen LogP contribution in [0.2, 0.25) is 0 Å². The molecular weight excluding hydrogens is 416 g/mol. The lowest BCUT2D eigenvalue weighted by molar-refractivity contribution is -0.116. The second-order valence-corrected chi connectivity index (χ2v) is 7.95. The van der Waals surface area contributed by atoms with Crippen molar-refractivity contribution >= 4 is 29.7 Å². The standard InChI is InChI=1S/C25H24N6O2/c32-23-22(31(25(33)28-23)18-19-7-3-1-4-8-19)17-20-11-12-26-24(27-20)30-15-13-29(14-16-30)21-9-5-2-6-10-21/h1-12,17H,13-16,18H2,(H,28,32,33)/b22-17-. The van der Waals surface area contributed by atoms with Crippen molar-refractivity contribution in [3.05, 3.63) is 89.9 Å². The number of rotatable bonds is 5. The summed E-state index contributed by atoms with van der Waals surface area (Å²) in [6.07, 6.45) is 3.34. The van der Waals surface area contributed by atoms with Gasteiger partial charge in [0, 0.05) is 38.1 Å². The lowest BCUT2D eigenvalue weighted by Gasteiger charge is -2.36. The Morgan fingerprint density at radius 1 is 0.848 bits per heavy atom. The summed E-state index contributed by atoms with van der Waals surface area (Å²) in [7, 11) is 0. The van der Waals surface area contributed by atoms with Gasteiger partial charge in [-0.05, 0) is 29.8 Å². The first-order valence-corrected chi connectivity index (χ1v) is 10.9. The number of hydrogen-bond acceptors (Lipinski definition) is 6. The third kappa shape index (κ3) is 4.55. The SMILES string of the molecule is O=C1NC(=O)N(Cc2ccccc2)/C1=C\c1ccnc(N2CCN(c3ccccc3)CC2)n1. The maximum atomic E-state index is 12.4. The van der Waals surface area contributed by atoms with Gasteiger partial charge in [-0.15, -0.1) is 0 Å². The van der Waals surface area contributed by atoms with Crippen LogP contribution in [0, 0.1) is 0 Å². The second kappa shape index (κ2) is 9.12. The predicted octanol–water partition coefficient (Wildman–Crippen LogP) is 2.90. The zero-order valence-corrected chi connectivity index (χ0v) is 18.1. The van der Waals surface area contributed by atoms with Crippen molar-refractivity contribution in [1.82, 2.24) is 20.2 Å². The molecule has 0 unspecified atom stereocenters. The van der Waals surface area contributed by atoms with Gasteiger partial charge in [-0.1, -0.05) is 48.5 Å². The fourth-order valence-electron chi connectivity index (χ4n) is 4.07. The van der Waals surface area contributed by atoms with Gasteiger partial charge < -0.3 is 9.80 Å². The number of benzene rings is 2. The molecule has 33 heavy (non-hydrogen) atoms. The molecule has 3 heterocycles. The van der Waals surface area contributed by atoms with E-state index in [1.165, 1.54) is 10.6 Å². The summed E-state index contributed by atoms with van der Waals surface area (Å²) >= 11 is 0. The summed E-state index contributed by atoms with van der Waals surface area (Å²) < 4.78 is 0. The quantitative estimate of drug-likeness (QED) is 0.485. The monoisotopic (exact) mass is 440 g/mol. The van der Waals surface area contributed by atoms with Crippen molar-refractivity contribution < 1.29 is 9.59 Å². The van der Waals surface area contributed by atoms with Gasteiger partial charge in [-0.25, -0.2) is 14.8 Å². The van der Waals surface area contributed by atoms with E-state index in [9.17, 15) is 9.59 Å². The fraction of sp³-hybridized carbons (Fsp3) is 0.200. The number of aromatic nitrogens is 2. The molecule has 166 valence electrons. The lowest BCUT2D eigenvalue weighted by atomic mass is 10.2. The van der Waals surface area contributed by atoms with Gasteiger partial charge in [0.15, 0.2) is 0 Å². The molecule has 3 aromatic rings. The molecule has 2 aromatic carbocycles. The maximum absolute atomic E-state index is 12.4. The van der Waals surface area contributed by atoms with E-state index in [1.807, 2.05) is 48.5 Å². The largest absolute Gasteiger partial charge is 0.368 e. The number of nitrogens with zero attached hydrogens (tertiary/aromatic N) is 5. The van der Waals surface area contributed by atoms with Gasteiger partial charge in [0.25, 0.3) is 5.91 Å². The van der Waals surface area contributed by atoms with Gasteiger partial charge in [0.2, 0.25) is 5.95 Å². The van der Waals surface area contributed by atoms with Gasteiger partial charge in [-0.3, -0.25) is 15.0 Å². The number of piperazine rings is 1. The molecule has 2 fully saturated rings. The highest BCUT2D eigenvalue weighted by molar-refractivity contribution is 6.13. The first kappa shape index (κ1) is 20.7. The molecule has 2 aliphatic heterocycles. The van der Waals surface area contributed by atoms with Gasteiger partial charge in [0.05, 0.1) is 12.2 Å². The molecule has 1 N–H and O–H groups in total. The van der Waals surface area contributed by atoms with Gasteiger partial charge >= 0.3 is 6.03 Å². The lowest BCUT2D eigenvalue weighted by Crippen LogP contribution is -2.47. The summed E-state index contributed by atoms with van der Waals surface area (Å²) in [6, 6.07) is 21.2. The van der Waals surface area contributed by atoms with Crippen LogP contribution >= 0.6 is 0 Å². The third-order valence-electron chi connectivity index (χ3n) is 5.81. The zero-order chi connectivity index (χ0) is 22.6. The van der Waals surface area contributed by atoms with E-state index < -0.39 is 11.9 Å². The van der Waals surface area contributed by atoms with Crippen LogP contribution in [0.5, 0.6) is 0 Å². The second-order valence-electron chi connectivity index (χ2n) is 7.95. The van der Waals surface area contributed by atoms with E-state index >= 15 is 0 Å². The Labute approximate surface area is 192 Å². The van der Waals surface area contributed by atoms with Crippen LogP contribution < -0.4 is 15.1 Å². The van der Waals surface area contributed by atoms with Crippen LogP contribution in [0.4, 0.5) is 16.4 Å². The van der Waals surface area contributed by atoms with Gasteiger partial charge in [0.1, 0.15) is 5.70 Å². The molecule has 0 radical (unpaired) electrons. The van der Waals surface area contributed by atoms with Crippen LogP contribution in [0.3, 0.4) is 0 Å². The van der Waals surface area contributed by atoms with E-state index in [-0.39, 0.29) is 5.70 Å². The van der Waals surface area contributed by atoms with Crippen molar-refractivity contribution in [2.24, 2.45) is 0 Å². The van der Waals surface area contributed by atoms with Crippen molar-refractivity contribution in [3.63, 3.8) is 0 Å². The van der Waals surface area contributed by atoms with Gasteiger partial charge in [-0.2, -0.15) is 0 Å². The Morgan fingerprint density at radius 2 is 1.52 bits per heavy atom. The van der Waals surface area contributed by atoms with E-state index in [4.69, 9.17) is 0 Å². The summed E-state index contributed by atoms with van der Waals surface area (Å²) in [5.41, 5.74) is 3.02. The Kier molecular flexibility index (Phi) is 5.72. The predicted molar refractivity (Wildman–Crippen MR) is 126 cm³/mol. The number of urea groups is 1. The summed E-state index contributed by atoms with van der Waals surface area (Å²) in [4.78, 5) is 39.8. The maximum Gasteiger partial charge on any atom is 0.329 e. The smallest absolute Gasteiger partial charge is 0.329 e. The van der Waals surface area contributed by atoms with Crippen molar-refractivity contribution in [1.29, 1.82) is 0 Å². The van der Waals surface area contributed by atoms with Crippen molar-refractivity contribution in [2.75, 3.05) is 36.0 Å². The summed E-state index contributed by atoms with van der Waals surface area (Å²) in [6.45, 7) is 3.66. The number of carbonyl (C=O) groups excluding carboxylic acids is 2. The molecule has 0 saturated carbocycles. The Morgan fingerprint density at radius 3 is 2.24 bits per heavy atom. The first-order chi connectivity index (χ1) is 16.2. The Hall–Kier alpha value is -4.20. The number of imide groups is 1. The van der Waals surface area contributed by atoms with E-state index in [0.717, 1.165) is 31.7 Å². The first-order valence-electron chi connectivity index (χ1n) is 10.9. The van der Waals surface area contributed by atoms with E-state index in [2.05, 4.69) is 37.2 Å². The Bertz CT molecular complexity index is 1170. The number of para-hydroxylation sites is 1. The molecule has 0 atom stereocenters. The average molecular weight is 441 g/mol. The molecule has 2 saturated heterocycles. The van der Waals surface area contributed by atoms with E-state index in [0.29, 0.717) is 18.2 Å². The van der Waals surface area contributed by atoms with Crippen LogP contribution in [-0.2, 0) is 11.3 Å². The van der Waals surface area contributed by atoms with Crippen LogP contribution in [0.15, 0.2) is 78.6 Å². The van der Waals surface area contributed by atoms with Crippen molar-refractivity contribution in [2.45, 2.75) is 6.54 Å². The van der Waals surface area contributed by atoms with Crippen molar-refractivity contribution in [3.8, 4) is 0 Å².